The summed E-state index contributed by atoms with van der Waals surface area (Å²) in [5.41, 5.74) is 1.80. The maximum atomic E-state index is 5.24. The van der Waals surface area contributed by atoms with Crippen LogP contribution in [0.15, 0.2) is 12.2 Å². The lowest BCUT2D eigenvalue weighted by Gasteiger charge is -2.30. The molecule has 2 aliphatic rings. The van der Waals surface area contributed by atoms with E-state index >= 15 is 0 Å². The Kier molecular flexibility index (Phi) is 2.20. The fourth-order valence-corrected chi connectivity index (χ4v) is 2.93. The number of fused-ring (bicyclic) bond motifs is 1. The van der Waals surface area contributed by atoms with Crippen molar-refractivity contribution in [3.05, 3.63) is 12.2 Å². The molecule has 0 radical (unpaired) electrons. The molecule has 0 aromatic rings. The highest BCUT2D eigenvalue weighted by atomic mass is 16.5. The van der Waals surface area contributed by atoms with Gasteiger partial charge in [0.2, 0.25) is 0 Å². The van der Waals surface area contributed by atoms with Crippen molar-refractivity contribution in [2.45, 2.75) is 37.8 Å². The zero-order valence-corrected chi connectivity index (χ0v) is 8.68. The minimum atomic E-state index is 0.403. The maximum Gasteiger partial charge on any atom is 0.0618 e. The van der Waals surface area contributed by atoms with E-state index in [4.69, 9.17) is 4.74 Å². The lowest BCUT2D eigenvalue weighted by atomic mass is 9.95. The first kappa shape index (κ1) is 9.22. The van der Waals surface area contributed by atoms with E-state index in [-0.39, 0.29) is 0 Å². The number of hydrogen-bond acceptors (Lipinski definition) is 2. The first-order chi connectivity index (χ1) is 6.15. The Labute approximate surface area is 80.6 Å². The van der Waals surface area contributed by atoms with Gasteiger partial charge in [-0.15, -0.1) is 0 Å². The van der Waals surface area contributed by atoms with Crippen molar-refractivity contribution in [1.29, 1.82) is 0 Å². The maximum absolute atomic E-state index is 5.24. The molecule has 2 nitrogen and oxygen atoms in total. The summed E-state index contributed by atoms with van der Waals surface area (Å²) in [5.74, 6) is 0. The van der Waals surface area contributed by atoms with Crippen molar-refractivity contribution in [2.24, 2.45) is 0 Å². The summed E-state index contributed by atoms with van der Waals surface area (Å²) in [6.45, 7) is 8.42. The Morgan fingerprint density at radius 1 is 1.69 bits per heavy atom. The summed E-state index contributed by atoms with van der Waals surface area (Å²) in [6, 6.07) is 0.634. The topological polar surface area (TPSA) is 12.5 Å². The van der Waals surface area contributed by atoms with Crippen molar-refractivity contribution in [2.75, 3.05) is 20.3 Å². The number of nitrogens with zero attached hydrogens (tertiary/aromatic N) is 1. The SMILES string of the molecule is C=C1CN2C(COC)CCC2(C)C1. The van der Waals surface area contributed by atoms with Crippen molar-refractivity contribution >= 4 is 0 Å². The van der Waals surface area contributed by atoms with Crippen LogP contribution in [0, 0.1) is 0 Å². The van der Waals surface area contributed by atoms with Crippen LogP contribution >= 0.6 is 0 Å². The van der Waals surface area contributed by atoms with Crippen molar-refractivity contribution < 1.29 is 4.74 Å². The third kappa shape index (κ3) is 1.42. The van der Waals surface area contributed by atoms with Gasteiger partial charge in [0.1, 0.15) is 0 Å². The molecule has 2 heterocycles. The van der Waals surface area contributed by atoms with Crippen LogP contribution in [-0.2, 0) is 4.74 Å². The highest BCUT2D eigenvalue weighted by Gasteiger charge is 2.46. The van der Waals surface area contributed by atoms with E-state index in [0.717, 1.165) is 13.2 Å². The first-order valence-electron chi connectivity index (χ1n) is 5.08. The molecule has 2 unspecified atom stereocenters. The minimum absolute atomic E-state index is 0.403. The predicted octanol–water partition coefficient (Wildman–Crippen LogP) is 1.82. The minimum Gasteiger partial charge on any atom is -0.383 e. The number of hydrogen-bond donors (Lipinski definition) is 0. The third-order valence-electron chi connectivity index (χ3n) is 3.53. The molecule has 0 saturated carbocycles. The molecule has 0 aliphatic carbocycles. The molecule has 2 fully saturated rings. The van der Waals surface area contributed by atoms with Crippen molar-refractivity contribution in [3.8, 4) is 0 Å². The zero-order chi connectivity index (χ0) is 9.47. The van der Waals surface area contributed by atoms with E-state index in [1.54, 1.807) is 7.11 Å². The monoisotopic (exact) mass is 181 g/mol. The molecule has 0 aromatic carbocycles. The van der Waals surface area contributed by atoms with Gasteiger partial charge in [0.15, 0.2) is 0 Å². The van der Waals surface area contributed by atoms with E-state index in [2.05, 4.69) is 18.4 Å². The van der Waals surface area contributed by atoms with Crippen LogP contribution in [0.2, 0.25) is 0 Å². The van der Waals surface area contributed by atoms with E-state index < -0.39 is 0 Å². The number of rotatable bonds is 2. The second-order valence-electron chi connectivity index (χ2n) is 4.70. The largest absolute Gasteiger partial charge is 0.383 e. The molecular formula is C11H19NO. The average molecular weight is 181 g/mol. The summed E-state index contributed by atoms with van der Waals surface area (Å²) in [6.07, 6.45) is 3.78. The normalized spacial score (nSPS) is 39.8. The average Bonchev–Trinajstić information content (AvgIpc) is 2.48. The van der Waals surface area contributed by atoms with Gasteiger partial charge < -0.3 is 4.74 Å². The van der Waals surface area contributed by atoms with Crippen LogP contribution < -0.4 is 0 Å². The Balaban J connectivity index is 2.10. The van der Waals surface area contributed by atoms with Gasteiger partial charge in [-0.1, -0.05) is 12.2 Å². The molecule has 0 bridgehead atoms. The summed E-state index contributed by atoms with van der Waals surface area (Å²) >= 11 is 0. The summed E-state index contributed by atoms with van der Waals surface area (Å²) in [4.78, 5) is 2.58. The van der Waals surface area contributed by atoms with Crippen molar-refractivity contribution in [3.63, 3.8) is 0 Å². The van der Waals surface area contributed by atoms with Crippen LogP contribution in [0.5, 0.6) is 0 Å². The highest BCUT2D eigenvalue weighted by Crippen LogP contribution is 2.43. The van der Waals surface area contributed by atoms with Crippen molar-refractivity contribution in [1.82, 2.24) is 4.90 Å². The lowest BCUT2D eigenvalue weighted by molar-refractivity contribution is 0.0891. The molecular weight excluding hydrogens is 162 g/mol. The van der Waals surface area contributed by atoms with E-state index in [9.17, 15) is 0 Å². The van der Waals surface area contributed by atoms with E-state index in [0.29, 0.717) is 11.6 Å². The van der Waals surface area contributed by atoms with Gasteiger partial charge in [-0.3, -0.25) is 4.90 Å². The Morgan fingerprint density at radius 3 is 3.15 bits per heavy atom. The summed E-state index contributed by atoms with van der Waals surface area (Å²) in [7, 11) is 1.79. The summed E-state index contributed by atoms with van der Waals surface area (Å²) < 4.78 is 5.24. The standard InChI is InChI=1S/C11H19NO/c1-9-6-11(2)5-4-10(8-13-3)12(11)7-9/h10H,1,4-8H2,2-3H3. The molecule has 74 valence electrons. The second kappa shape index (κ2) is 3.10. The Morgan fingerprint density at radius 2 is 2.46 bits per heavy atom. The second-order valence-corrected chi connectivity index (χ2v) is 4.70. The van der Waals surface area contributed by atoms with Gasteiger partial charge in [-0.25, -0.2) is 0 Å². The molecule has 0 amide bonds. The molecule has 2 aliphatic heterocycles. The van der Waals surface area contributed by atoms with Gasteiger partial charge in [0, 0.05) is 25.2 Å². The number of ether oxygens (including phenoxy) is 1. The number of methoxy groups -OCH3 is 1. The highest BCUT2D eigenvalue weighted by molar-refractivity contribution is 5.17. The molecule has 0 N–H and O–H groups in total. The van der Waals surface area contributed by atoms with Crippen LogP contribution in [0.3, 0.4) is 0 Å². The van der Waals surface area contributed by atoms with Crippen LogP contribution in [-0.4, -0.2) is 36.7 Å². The fourth-order valence-electron chi connectivity index (χ4n) is 2.93. The van der Waals surface area contributed by atoms with Crippen LogP contribution in [0.25, 0.3) is 0 Å². The van der Waals surface area contributed by atoms with Gasteiger partial charge >= 0.3 is 0 Å². The molecule has 2 atom stereocenters. The molecule has 0 spiro atoms. The van der Waals surface area contributed by atoms with E-state index in [1.165, 1.54) is 24.8 Å². The lowest BCUT2D eigenvalue weighted by Crippen LogP contribution is -2.41. The smallest absolute Gasteiger partial charge is 0.0618 e. The first-order valence-corrected chi connectivity index (χ1v) is 5.08. The van der Waals surface area contributed by atoms with Gasteiger partial charge in [-0.05, 0) is 26.2 Å². The van der Waals surface area contributed by atoms with Gasteiger partial charge in [-0.2, -0.15) is 0 Å². The van der Waals surface area contributed by atoms with E-state index in [1.807, 2.05) is 0 Å². The van der Waals surface area contributed by atoms with Crippen LogP contribution in [0.4, 0.5) is 0 Å². The summed E-state index contributed by atoms with van der Waals surface area (Å²) in [5, 5.41) is 0. The quantitative estimate of drug-likeness (QED) is 0.602. The Hall–Kier alpha value is -0.340. The third-order valence-corrected chi connectivity index (χ3v) is 3.53. The molecule has 13 heavy (non-hydrogen) atoms. The Bertz CT molecular complexity index is 226. The molecule has 2 saturated heterocycles. The fraction of sp³-hybridized carbons (Fsp3) is 0.818. The van der Waals surface area contributed by atoms with Gasteiger partial charge in [0.25, 0.3) is 0 Å². The molecule has 2 heteroatoms. The molecule has 0 aromatic heterocycles. The predicted molar refractivity (Wildman–Crippen MR) is 53.8 cm³/mol. The molecule has 2 rings (SSSR count). The van der Waals surface area contributed by atoms with Gasteiger partial charge in [0.05, 0.1) is 6.61 Å². The zero-order valence-electron chi connectivity index (χ0n) is 8.68. The van der Waals surface area contributed by atoms with Crippen LogP contribution in [0.1, 0.15) is 26.2 Å².